The summed E-state index contributed by atoms with van der Waals surface area (Å²) in [4.78, 5) is 0. The molecule has 78 valence electrons. The standard InChI is InChI=1S/C11H23NO/c1-9(12-2)11(13-3)10-7-5-4-6-8-10/h9-12H,4-8H2,1-3H3. The topological polar surface area (TPSA) is 21.3 Å². The summed E-state index contributed by atoms with van der Waals surface area (Å²) in [5.74, 6) is 0.779. The highest BCUT2D eigenvalue weighted by Gasteiger charge is 2.26. The van der Waals surface area contributed by atoms with E-state index in [4.69, 9.17) is 4.74 Å². The van der Waals surface area contributed by atoms with Gasteiger partial charge in [-0.05, 0) is 32.7 Å². The maximum absolute atomic E-state index is 5.58. The summed E-state index contributed by atoms with van der Waals surface area (Å²) in [6.07, 6.45) is 7.31. The quantitative estimate of drug-likeness (QED) is 0.725. The van der Waals surface area contributed by atoms with E-state index in [0.29, 0.717) is 12.1 Å². The van der Waals surface area contributed by atoms with Gasteiger partial charge in [0.2, 0.25) is 0 Å². The normalized spacial score (nSPS) is 24.2. The first-order valence-electron chi connectivity index (χ1n) is 5.49. The first-order chi connectivity index (χ1) is 6.29. The molecule has 1 fully saturated rings. The Balaban J connectivity index is 2.43. The minimum Gasteiger partial charge on any atom is -0.380 e. The highest BCUT2D eigenvalue weighted by atomic mass is 16.5. The molecule has 1 rings (SSSR count). The molecule has 0 aromatic carbocycles. The van der Waals surface area contributed by atoms with E-state index in [-0.39, 0.29) is 0 Å². The van der Waals surface area contributed by atoms with Crippen molar-refractivity contribution in [2.45, 2.75) is 51.2 Å². The summed E-state index contributed by atoms with van der Waals surface area (Å²) in [5, 5.41) is 3.29. The van der Waals surface area contributed by atoms with E-state index < -0.39 is 0 Å². The molecule has 2 unspecified atom stereocenters. The van der Waals surface area contributed by atoms with Crippen LogP contribution < -0.4 is 5.32 Å². The number of likely N-dealkylation sites (N-methyl/N-ethyl adjacent to an activating group) is 1. The van der Waals surface area contributed by atoms with Gasteiger partial charge in [0, 0.05) is 13.2 Å². The number of hydrogen-bond acceptors (Lipinski definition) is 2. The first-order valence-corrected chi connectivity index (χ1v) is 5.49. The van der Waals surface area contributed by atoms with E-state index in [1.165, 1.54) is 32.1 Å². The Bertz CT molecular complexity index is 132. The van der Waals surface area contributed by atoms with Crippen molar-refractivity contribution in [3.63, 3.8) is 0 Å². The maximum atomic E-state index is 5.58. The van der Waals surface area contributed by atoms with Gasteiger partial charge >= 0.3 is 0 Å². The van der Waals surface area contributed by atoms with E-state index in [1.54, 1.807) is 0 Å². The number of rotatable bonds is 4. The van der Waals surface area contributed by atoms with Gasteiger partial charge in [-0.3, -0.25) is 0 Å². The second-order valence-electron chi connectivity index (χ2n) is 4.18. The van der Waals surface area contributed by atoms with E-state index in [9.17, 15) is 0 Å². The van der Waals surface area contributed by atoms with Crippen LogP contribution in [0.5, 0.6) is 0 Å². The van der Waals surface area contributed by atoms with Crippen LogP contribution in [0.15, 0.2) is 0 Å². The Labute approximate surface area is 82.0 Å². The molecule has 1 aliphatic rings. The van der Waals surface area contributed by atoms with Crippen molar-refractivity contribution in [2.24, 2.45) is 5.92 Å². The Morgan fingerprint density at radius 2 is 1.85 bits per heavy atom. The van der Waals surface area contributed by atoms with Gasteiger partial charge in [0.25, 0.3) is 0 Å². The molecule has 0 aliphatic heterocycles. The number of methoxy groups -OCH3 is 1. The van der Waals surface area contributed by atoms with Crippen LogP contribution in [0.2, 0.25) is 0 Å². The van der Waals surface area contributed by atoms with Gasteiger partial charge in [-0.25, -0.2) is 0 Å². The predicted octanol–water partition coefficient (Wildman–Crippen LogP) is 2.19. The van der Waals surface area contributed by atoms with Crippen LogP contribution in [0, 0.1) is 5.92 Å². The van der Waals surface area contributed by atoms with Crippen molar-refractivity contribution in [2.75, 3.05) is 14.2 Å². The van der Waals surface area contributed by atoms with Gasteiger partial charge in [-0.2, -0.15) is 0 Å². The van der Waals surface area contributed by atoms with E-state index in [2.05, 4.69) is 12.2 Å². The molecule has 13 heavy (non-hydrogen) atoms. The summed E-state index contributed by atoms with van der Waals surface area (Å²) < 4.78 is 5.58. The van der Waals surface area contributed by atoms with Crippen molar-refractivity contribution in [3.8, 4) is 0 Å². The molecule has 0 spiro atoms. The SMILES string of the molecule is CNC(C)C(OC)C1CCCCC1. The van der Waals surface area contributed by atoms with Crippen LogP contribution in [0.25, 0.3) is 0 Å². The van der Waals surface area contributed by atoms with Gasteiger partial charge < -0.3 is 10.1 Å². The second-order valence-corrected chi connectivity index (χ2v) is 4.18. The van der Waals surface area contributed by atoms with Gasteiger partial charge in [0.1, 0.15) is 0 Å². The van der Waals surface area contributed by atoms with Crippen LogP contribution >= 0.6 is 0 Å². The lowest BCUT2D eigenvalue weighted by atomic mass is 9.83. The minimum absolute atomic E-state index is 0.408. The Morgan fingerprint density at radius 1 is 1.23 bits per heavy atom. The fourth-order valence-corrected chi connectivity index (χ4v) is 2.43. The van der Waals surface area contributed by atoms with Crippen LogP contribution in [0.3, 0.4) is 0 Å². The molecular formula is C11H23NO. The molecule has 0 saturated heterocycles. The third-order valence-electron chi connectivity index (χ3n) is 3.33. The molecule has 0 aromatic rings. The van der Waals surface area contributed by atoms with E-state index >= 15 is 0 Å². The lowest BCUT2D eigenvalue weighted by Gasteiger charge is -2.33. The molecule has 1 aliphatic carbocycles. The summed E-state index contributed by atoms with van der Waals surface area (Å²) in [6, 6.07) is 0.480. The number of hydrogen-bond donors (Lipinski definition) is 1. The predicted molar refractivity (Wildman–Crippen MR) is 55.9 cm³/mol. The monoisotopic (exact) mass is 185 g/mol. The van der Waals surface area contributed by atoms with Crippen molar-refractivity contribution >= 4 is 0 Å². The van der Waals surface area contributed by atoms with Gasteiger partial charge in [-0.15, -0.1) is 0 Å². The van der Waals surface area contributed by atoms with Crippen molar-refractivity contribution < 1.29 is 4.74 Å². The molecule has 2 atom stereocenters. The molecule has 0 amide bonds. The molecular weight excluding hydrogens is 162 g/mol. The highest BCUT2D eigenvalue weighted by molar-refractivity contribution is 4.81. The third kappa shape index (κ3) is 2.96. The molecule has 0 heterocycles. The number of ether oxygens (including phenoxy) is 1. The van der Waals surface area contributed by atoms with Crippen molar-refractivity contribution in [1.29, 1.82) is 0 Å². The zero-order chi connectivity index (χ0) is 9.68. The molecule has 2 nitrogen and oxygen atoms in total. The summed E-state index contributed by atoms with van der Waals surface area (Å²) >= 11 is 0. The summed E-state index contributed by atoms with van der Waals surface area (Å²) in [7, 11) is 3.85. The minimum atomic E-state index is 0.408. The molecule has 0 radical (unpaired) electrons. The third-order valence-corrected chi connectivity index (χ3v) is 3.33. The lowest BCUT2D eigenvalue weighted by Crippen LogP contribution is -2.41. The van der Waals surface area contributed by atoms with Gasteiger partial charge in [0.05, 0.1) is 6.10 Å². The van der Waals surface area contributed by atoms with Crippen molar-refractivity contribution in [3.05, 3.63) is 0 Å². The Morgan fingerprint density at radius 3 is 2.31 bits per heavy atom. The van der Waals surface area contributed by atoms with E-state index in [1.807, 2.05) is 14.2 Å². The summed E-state index contributed by atoms with van der Waals surface area (Å²) in [6.45, 7) is 2.21. The fraction of sp³-hybridized carbons (Fsp3) is 1.00. The lowest BCUT2D eigenvalue weighted by molar-refractivity contribution is 0.0146. The van der Waals surface area contributed by atoms with Crippen LogP contribution in [0.4, 0.5) is 0 Å². The molecule has 0 aromatic heterocycles. The second kappa shape index (κ2) is 5.61. The number of nitrogens with one attached hydrogen (secondary N) is 1. The smallest absolute Gasteiger partial charge is 0.0749 e. The molecule has 0 bridgehead atoms. The van der Waals surface area contributed by atoms with E-state index in [0.717, 1.165) is 5.92 Å². The Kier molecular flexibility index (Phi) is 4.74. The van der Waals surface area contributed by atoms with Crippen molar-refractivity contribution in [1.82, 2.24) is 5.32 Å². The molecule has 1 N–H and O–H groups in total. The average molecular weight is 185 g/mol. The summed E-state index contributed by atoms with van der Waals surface area (Å²) in [5.41, 5.74) is 0. The van der Waals surface area contributed by atoms with Crippen LogP contribution in [-0.2, 0) is 4.74 Å². The molecule has 1 saturated carbocycles. The largest absolute Gasteiger partial charge is 0.380 e. The first kappa shape index (κ1) is 11.0. The van der Waals surface area contributed by atoms with Gasteiger partial charge in [0.15, 0.2) is 0 Å². The average Bonchev–Trinajstić information content (AvgIpc) is 2.20. The Hall–Kier alpha value is -0.0800. The molecule has 2 heteroatoms. The highest BCUT2D eigenvalue weighted by Crippen LogP contribution is 2.29. The fourth-order valence-electron chi connectivity index (χ4n) is 2.43. The van der Waals surface area contributed by atoms with Gasteiger partial charge in [-0.1, -0.05) is 19.3 Å². The van der Waals surface area contributed by atoms with Crippen LogP contribution in [-0.4, -0.2) is 26.3 Å². The maximum Gasteiger partial charge on any atom is 0.0749 e. The van der Waals surface area contributed by atoms with Crippen LogP contribution in [0.1, 0.15) is 39.0 Å². The zero-order valence-corrected chi connectivity index (χ0v) is 9.18. The zero-order valence-electron chi connectivity index (χ0n) is 9.18.